The fourth-order valence-electron chi connectivity index (χ4n) is 10.3. The molecule has 8 aromatic rings. The topological polar surface area (TPSA) is 7.76 Å². The molecule has 2 nitrogen and oxygen atoms in total. The molecule has 2 aliphatic carbocycles. The predicted octanol–water partition coefficient (Wildman–Crippen LogP) is 13.9. The Labute approximate surface area is 340 Å². The van der Waals surface area contributed by atoms with Gasteiger partial charge < -0.3 is 0 Å². The second-order valence-corrected chi connectivity index (χ2v) is 17.8. The third-order valence-corrected chi connectivity index (χ3v) is 14.5. The summed E-state index contributed by atoms with van der Waals surface area (Å²) in [6, 6.07) is 37.6. The second-order valence-electron chi connectivity index (χ2n) is 15.7. The number of fused-ring (bicyclic) bond motifs is 6. The number of rotatable bonds is 6. The van der Waals surface area contributed by atoms with Gasteiger partial charge in [-0.15, -0.1) is 12.1 Å². The molecule has 1 atom stereocenters. The molecule has 2 saturated carbocycles. The van der Waals surface area contributed by atoms with Crippen LogP contribution in [0, 0.1) is 0 Å². The van der Waals surface area contributed by atoms with E-state index < -0.39 is 0 Å². The molecular formula is C49H44I2N2+2. The first-order valence-corrected chi connectivity index (χ1v) is 21.6. The van der Waals surface area contributed by atoms with Crippen LogP contribution in [0.2, 0.25) is 0 Å². The first kappa shape index (κ1) is 33.9. The third kappa shape index (κ3) is 5.60. The van der Waals surface area contributed by atoms with Crippen molar-refractivity contribution in [1.82, 2.24) is 0 Å². The van der Waals surface area contributed by atoms with Crippen LogP contribution in [0.5, 0.6) is 0 Å². The number of halogens is 2. The molecule has 0 radical (unpaired) electrons. The zero-order valence-corrected chi connectivity index (χ0v) is 34.4. The first-order valence-electron chi connectivity index (χ1n) is 19.7. The van der Waals surface area contributed by atoms with Crippen molar-refractivity contribution in [3.8, 4) is 11.3 Å². The Kier molecular flexibility index (Phi) is 8.90. The van der Waals surface area contributed by atoms with E-state index in [0.717, 1.165) is 0 Å². The van der Waals surface area contributed by atoms with E-state index in [1.165, 1.54) is 152 Å². The first-order chi connectivity index (χ1) is 26.1. The molecule has 2 fully saturated rings. The number of pyridine rings is 2. The summed E-state index contributed by atoms with van der Waals surface area (Å²) in [7, 11) is 0. The molecule has 2 aliphatic rings. The lowest BCUT2D eigenvalue weighted by atomic mass is 9.78. The summed E-state index contributed by atoms with van der Waals surface area (Å²) >= 11 is 5.05. The van der Waals surface area contributed by atoms with Gasteiger partial charge >= 0.3 is 45.7 Å². The van der Waals surface area contributed by atoms with Gasteiger partial charge in [0.2, 0.25) is 11.2 Å². The fraction of sp³-hybridized carbons (Fsp3) is 0.265. The highest BCUT2D eigenvalue weighted by Gasteiger charge is 2.30. The minimum atomic E-state index is -0.00130. The van der Waals surface area contributed by atoms with Gasteiger partial charge in [-0.1, -0.05) is 111 Å². The van der Waals surface area contributed by atoms with Crippen LogP contribution in [0.25, 0.3) is 65.3 Å². The predicted molar refractivity (Wildman–Crippen MR) is 240 cm³/mol. The minimum Gasteiger partial charge on any atom is -0.136 e. The molecule has 2 heterocycles. The van der Waals surface area contributed by atoms with E-state index in [0.29, 0.717) is 11.8 Å². The maximum atomic E-state index is 4.63. The Balaban J connectivity index is 1.26. The summed E-state index contributed by atoms with van der Waals surface area (Å²) in [4.78, 5) is 0. The van der Waals surface area contributed by atoms with E-state index >= 15 is 0 Å². The van der Waals surface area contributed by atoms with Crippen molar-refractivity contribution in [3.63, 3.8) is 0 Å². The number of benzene rings is 6. The Morgan fingerprint density at radius 2 is 1.17 bits per heavy atom. The molecule has 4 heteroatoms. The summed E-state index contributed by atoms with van der Waals surface area (Å²) in [5.74, 6) is 1.29. The van der Waals surface area contributed by atoms with Crippen molar-refractivity contribution in [3.05, 3.63) is 144 Å². The van der Waals surface area contributed by atoms with Crippen molar-refractivity contribution in [2.24, 2.45) is 0 Å². The van der Waals surface area contributed by atoms with E-state index in [1.807, 2.05) is 0 Å². The maximum Gasteiger partial charge on any atom is 0.354 e. The molecule has 1 unspecified atom stereocenters. The largest absolute Gasteiger partial charge is 0.354 e. The van der Waals surface area contributed by atoms with Gasteiger partial charge in [-0.25, -0.2) is 0 Å². The van der Waals surface area contributed by atoms with Crippen LogP contribution in [0.1, 0.15) is 104 Å². The lowest BCUT2D eigenvalue weighted by Crippen LogP contribution is -2.25. The lowest BCUT2D eigenvalue weighted by molar-refractivity contribution is -0.428. The second kappa shape index (κ2) is 13.9. The number of hydrogen-bond donors (Lipinski definition) is 0. The molecule has 10 rings (SSSR count). The van der Waals surface area contributed by atoms with E-state index in [1.54, 1.807) is 0 Å². The van der Waals surface area contributed by atoms with Gasteiger partial charge in [-0.2, -0.15) is 0 Å². The summed E-state index contributed by atoms with van der Waals surface area (Å²) in [6.07, 6.45) is 20.1. The molecule has 0 aliphatic heterocycles. The van der Waals surface area contributed by atoms with Crippen molar-refractivity contribution in [1.29, 1.82) is 0 Å². The van der Waals surface area contributed by atoms with Crippen LogP contribution in [-0.2, 0) is 0 Å². The Hall–Kier alpha value is -3.62. The van der Waals surface area contributed by atoms with Gasteiger partial charge in [0.15, 0.2) is 12.4 Å². The molecule has 0 amide bonds. The highest BCUT2D eigenvalue weighted by molar-refractivity contribution is 14.1. The molecule has 0 spiro atoms. The molecule has 53 heavy (non-hydrogen) atoms. The van der Waals surface area contributed by atoms with E-state index in [4.69, 9.17) is 0 Å². The maximum absolute atomic E-state index is 4.63. The van der Waals surface area contributed by atoms with Gasteiger partial charge in [0.25, 0.3) is 0 Å². The number of allylic oxidation sites excluding steroid dienone is 1. The highest BCUT2D eigenvalue weighted by Crippen LogP contribution is 2.48. The van der Waals surface area contributed by atoms with Gasteiger partial charge in [0.05, 0.1) is 16.3 Å². The lowest BCUT2D eigenvalue weighted by Gasteiger charge is -2.26. The average molecular weight is 915 g/mol. The smallest absolute Gasteiger partial charge is 0.136 e. The summed E-state index contributed by atoms with van der Waals surface area (Å²) in [6.45, 7) is 4.63. The van der Waals surface area contributed by atoms with Crippen molar-refractivity contribution in [2.75, 3.05) is 0 Å². The Morgan fingerprint density at radius 3 is 1.87 bits per heavy atom. The van der Waals surface area contributed by atoms with Crippen molar-refractivity contribution < 1.29 is 5.56 Å². The van der Waals surface area contributed by atoms with Crippen LogP contribution < -0.4 is 5.56 Å². The Bertz CT molecular complexity index is 2700. The van der Waals surface area contributed by atoms with Gasteiger partial charge in [-0.3, -0.25) is 0 Å². The molecule has 0 bridgehead atoms. The van der Waals surface area contributed by atoms with Crippen LogP contribution in [0.15, 0.2) is 122 Å². The monoisotopic (exact) mass is 914 g/mol. The molecule has 262 valence electrons. The molecule has 6 aromatic carbocycles. The zero-order valence-electron chi connectivity index (χ0n) is 30.1. The van der Waals surface area contributed by atoms with Crippen LogP contribution >= 0.6 is 45.7 Å². The molecule has 2 aromatic heterocycles. The van der Waals surface area contributed by atoms with Gasteiger partial charge in [-0.05, 0) is 105 Å². The van der Waals surface area contributed by atoms with E-state index in [9.17, 15) is 0 Å². The third-order valence-electron chi connectivity index (χ3n) is 12.9. The number of nitrogens with zero attached hydrogens (tertiary/aromatic N) is 2. The average Bonchev–Trinajstić information content (AvgIpc) is 3.21. The minimum absolute atomic E-state index is 0.00130. The zero-order chi connectivity index (χ0) is 35.6. The quantitative estimate of drug-likeness (QED) is 0.0680. The SMILES string of the molecule is C=CC(c1cc(C2CCCCC2)ccc1-c1ccc(C2CCCCC2)c[n+]1I)c1ccc2c3ccccc3c3cccc4c5ccc[n+](I)c5c1c2c34. The van der Waals surface area contributed by atoms with Crippen LogP contribution in [0.3, 0.4) is 0 Å². The summed E-state index contributed by atoms with van der Waals surface area (Å²) in [5.41, 5.74) is 9.52. The summed E-state index contributed by atoms with van der Waals surface area (Å²) in [5, 5.41) is 12.0. The summed E-state index contributed by atoms with van der Waals surface area (Å²) < 4.78 is 4.70. The molecular weight excluding hydrogens is 870 g/mol. The standard InChI is InChI=1S/C49H44I2N2/c1-2-35(44-29-33(31-13-5-3-6-14-31)22-24-38(44)45-27-23-34(30-53(45)51)32-15-7-4-8-16-32)41-25-26-42-37-18-10-9-17-36(37)39-19-11-20-40-43-21-12-28-52(50)49(43)48(41)47(42)46(39)40/h2,9-12,17-32,35H,1,3-8,13-16H2/q+2. The molecule has 0 N–H and O–H groups in total. The normalized spacial score (nSPS) is 16.7. The number of aromatic nitrogens is 2. The van der Waals surface area contributed by atoms with Gasteiger partial charge in [0.1, 0.15) is 0 Å². The van der Waals surface area contributed by atoms with Gasteiger partial charge in [0, 0.05) is 29.0 Å². The van der Waals surface area contributed by atoms with E-state index in [2.05, 4.69) is 173 Å². The number of hydrogen-bond acceptors (Lipinski definition) is 0. The fourth-order valence-corrected chi connectivity index (χ4v) is 11.8. The van der Waals surface area contributed by atoms with Crippen molar-refractivity contribution in [2.45, 2.75) is 82.0 Å². The van der Waals surface area contributed by atoms with E-state index in [-0.39, 0.29) is 5.92 Å². The van der Waals surface area contributed by atoms with Crippen LogP contribution in [0.4, 0.5) is 0 Å². The van der Waals surface area contributed by atoms with Crippen molar-refractivity contribution >= 4 is 99.7 Å². The Morgan fingerprint density at radius 1 is 0.547 bits per heavy atom. The van der Waals surface area contributed by atoms with Crippen LogP contribution in [-0.4, -0.2) is 0 Å². The molecule has 0 saturated heterocycles. The highest BCUT2D eigenvalue weighted by atomic mass is 127.